The molecule has 0 aliphatic carbocycles. The van der Waals surface area contributed by atoms with Crippen LogP contribution in [0.5, 0.6) is 0 Å². The SMILES string of the molecule is Cc1ccc2cccc(NC(=O)OCC(F)(F)F)c2n1. The number of carbonyl (C=O) groups is 1. The third-order valence-electron chi connectivity index (χ3n) is 2.46. The van der Waals surface area contributed by atoms with Gasteiger partial charge in [0.2, 0.25) is 0 Å². The van der Waals surface area contributed by atoms with Crippen molar-refractivity contribution in [3.8, 4) is 0 Å². The highest BCUT2D eigenvalue weighted by Gasteiger charge is 2.29. The van der Waals surface area contributed by atoms with Crippen molar-refractivity contribution >= 4 is 22.7 Å². The van der Waals surface area contributed by atoms with Gasteiger partial charge < -0.3 is 4.74 Å². The summed E-state index contributed by atoms with van der Waals surface area (Å²) in [6, 6.07) is 8.61. The Hall–Kier alpha value is -2.31. The molecule has 0 aliphatic heterocycles. The van der Waals surface area contributed by atoms with E-state index in [4.69, 9.17) is 0 Å². The van der Waals surface area contributed by atoms with Gasteiger partial charge in [-0.3, -0.25) is 10.3 Å². The second-order valence-electron chi connectivity index (χ2n) is 4.15. The number of alkyl halides is 3. The number of benzene rings is 1. The van der Waals surface area contributed by atoms with E-state index >= 15 is 0 Å². The highest BCUT2D eigenvalue weighted by atomic mass is 19.4. The molecule has 0 bridgehead atoms. The van der Waals surface area contributed by atoms with Crippen LogP contribution >= 0.6 is 0 Å². The Balaban J connectivity index is 2.17. The highest BCUT2D eigenvalue weighted by molar-refractivity contribution is 5.97. The Kier molecular flexibility index (Phi) is 3.78. The van der Waals surface area contributed by atoms with Crippen LogP contribution in [0.3, 0.4) is 0 Å². The number of nitrogens with one attached hydrogen (secondary N) is 1. The lowest BCUT2D eigenvalue weighted by Gasteiger charge is -2.10. The second kappa shape index (κ2) is 5.36. The number of rotatable bonds is 2. The van der Waals surface area contributed by atoms with E-state index in [1.165, 1.54) is 0 Å². The maximum absolute atomic E-state index is 11.9. The predicted octanol–water partition coefficient (Wildman–Crippen LogP) is 3.65. The molecule has 2 rings (SSSR count). The van der Waals surface area contributed by atoms with Gasteiger partial charge >= 0.3 is 12.3 Å². The summed E-state index contributed by atoms with van der Waals surface area (Å²) in [6.45, 7) is 0.147. The molecule has 0 unspecified atom stereocenters. The van der Waals surface area contributed by atoms with Gasteiger partial charge in [-0.15, -0.1) is 0 Å². The molecule has 1 aromatic heterocycles. The largest absolute Gasteiger partial charge is 0.440 e. The molecular formula is C13H11F3N2O2. The third-order valence-corrected chi connectivity index (χ3v) is 2.46. The standard InChI is InChI=1S/C13H11F3N2O2/c1-8-5-6-9-3-2-4-10(11(9)17-8)18-12(19)20-7-13(14,15)16/h2-6H,7H2,1H3,(H,18,19). The van der Waals surface area contributed by atoms with Gasteiger partial charge in [-0.05, 0) is 19.1 Å². The van der Waals surface area contributed by atoms with E-state index < -0.39 is 18.9 Å². The number of amides is 1. The van der Waals surface area contributed by atoms with E-state index in [9.17, 15) is 18.0 Å². The van der Waals surface area contributed by atoms with E-state index in [2.05, 4.69) is 15.0 Å². The fourth-order valence-corrected chi connectivity index (χ4v) is 1.64. The van der Waals surface area contributed by atoms with E-state index in [1.54, 1.807) is 31.2 Å². The molecule has 20 heavy (non-hydrogen) atoms. The molecule has 0 saturated carbocycles. The molecule has 4 nitrogen and oxygen atoms in total. The minimum atomic E-state index is -4.55. The Morgan fingerprint density at radius 2 is 2.05 bits per heavy atom. The summed E-state index contributed by atoms with van der Waals surface area (Å²) in [4.78, 5) is 15.6. The van der Waals surface area contributed by atoms with Crippen LogP contribution in [-0.2, 0) is 4.74 Å². The number of nitrogens with zero attached hydrogens (tertiary/aromatic N) is 1. The molecule has 1 aromatic carbocycles. The molecule has 7 heteroatoms. The maximum atomic E-state index is 11.9. The summed E-state index contributed by atoms with van der Waals surface area (Å²) in [6.07, 6.45) is -5.72. The van der Waals surface area contributed by atoms with E-state index in [1.807, 2.05) is 6.07 Å². The average molecular weight is 284 g/mol. The number of pyridine rings is 1. The van der Waals surface area contributed by atoms with Gasteiger partial charge in [-0.2, -0.15) is 13.2 Å². The number of ether oxygens (including phenoxy) is 1. The first-order valence-electron chi connectivity index (χ1n) is 5.72. The van der Waals surface area contributed by atoms with Crippen LogP contribution in [0, 0.1) is 6.92 Å². The summed E-state index contributed by atoms with van der Waals surface area (Å²) >= 11 is 0. The third kappa shape index (κ3) is 3.59. The van der Waals surface area contributed by atoms with Crippen molar-refractivity contribution in [1.82, 2.24) is 4.98 Å². The van der Waals surface area contributed by atoms with Gasteiger partial charge in [-0.25, -0.2) is 4.79 Å². The summed E-state index contributed by atoms with van der Waals surface area (Å²) < 4.78 is 39.9. The Morgan fingerprint density at radius 1 is 1.30 bits per heavy atom. The van der Waals surface area contributed by atoms with Crippen molar-refractivity contribution in [2.75, 3.05) is 11.9 Å². The molecule has 0 atom stereocenters. The number of halogens is 3. The van der Waals surface area contributed by atoms with Gasteiger partial charge in [0.15, 0.2) is 6.61 Å². The molecule has 1 N–H and O–H groups in total. The van der Waals surface area contributed by atoms with Crippen molar-refractivity contribution in [1.29, 1.82) is 0 Å². The van der Waals surface area contributed by atoms with Crippen molar-refractivity contribution in [2.24, 2.45) is 0 Å². The van der Waals surface area contributed by atoms with Gasteiger partial charge in [-0.1, -0.05) is 18.2 Å². The van der Waals surface area contributed by atoms with Gasteiger partial charge in [0.25, 0.3) is 0 Å². The number of aromatic nitrogens is 1. The molecule has 106 valence electrons. The minimum Gasteiger partial charge on any atom is -0.440 e. The second-order valence-corrected chi connectivity index (χ2v) is 4.15. The van der Waals surface area contributed by atoms with Gasteiger partial charge in [0, 0.05) is 11.1 Å². The van der Waals surface area contributed by atoms with Crippen molar-refractivity contribution in [3.05, 3.63) is 36.0 Å². The van der Waals surface area contributed by atoms with E-state index in [0.29, 0.717) is 11.2 Å². The zero-order chi connectivity index (χ0) is 14.8. The predicted molar refractivity (Wildman–Crippen MR) is 67.5 cm³/mol. The number of para-hydroxylation sites is 1. The smallest absolute Gasteiger partial charge is 0.422 e. The number of hydrogen-bond donors (Lipinski definition) is 1. The first kappa shape index (κ1) is 14.1. The van der Waals surface area contributed by atoms with Crippen LogP contribution in [0.4, 0.5) is 23.7 Å². The van der Waals surface area contributed by atoms with Gasteiger partial charge in [0.05, 0.1) is 11.2 Å². The first-order valence-corrected chi connectivity index (χ1v) is 5.72. The molecule has 0 aliphatic rings. The number of anilines is 1. The molecule has 0 fully saturated rings. The highest BCUT2D eigenvalue weighted by Crippen LogP contribution is 2.22. The van der Waals surface area contributed by atoms with Crippen LogP contribution in [0.25, 0.3) is 10.9 Å². The number of carbonyl (C=O) groups excluding carboxylic acids is 1. The fraction of sp³-hybridized carbons (Fsp3) is 0.231. The van der Waals surface area contributed by atoms with Gasteiger partial charge in [0.1, 0.15) is 0 Å². The van der Waals surface area contributed by atoms with E-state index in [-0.39, 0.29) is 0 Å². The van der Waals surface area contributed by atoms with Crippen LogP contribution in [0.2, 0.25) is 0 Å². The summed E-state index contributed by atoms with van der Waals surface area (Å²) in [5.74, 6) is 0. The minimum absolute atomic E-state index is 0.304. The van der Waals surface area contributed by atoms with Crippen LogP contribution in [0.1, 0.15) is 5.69 Å². The Bertz CT molecular complexity index is 641. The maximum Gasteiger partial charge on any atom is 0.422 e. The van der Waals surface area contributed by atoms with Crippen LogP contribution in [0.15, 0.2) is 30.3 Å². The summed E-state index contributed by atoms with van der Waals surface area (Å²) in [5, 5.41) is 3.03. The quantitative estimate of drug-likeness (QED) is 0.915. The van der Waals surface area contributed by atoms with Crippen molar-refractivity contribution < 1.29 is 22.7 Å². The molecule has 1 heterocycles. The zero-order valence-electron chi connectivity index (χ0n) is 10.5. The molecule has 0 saturated heterocycles. The lowest BCUT2D eigenvalue weighted by molar-refractivity contribution is -0.159. The van der Waals surface area contributed by atoms with E-state index in [0.717, 1.165) is 11.1 Å². The molecular weight excluding hydrogens is 273 g/mol. The number of aryl methyl sites for hydroxylation is 1. The molecule has 2 aromatic rings. The summed E-state index contributed by atoms with van der Waals surface area (Å²) in [5.41, 5.74) is 1.53. The van der Waals surface area contributed by atoms with Crippen LogP contribution in [-0.4, -0.2) is 23.9 Å². The fourth-order valence-electron chi connectivity index (χ4n) is 1.64. The topological polar surface area (TPSA) is 51.2 Å². The average Bonchev–Trinajstić information content (AvgIpc) is 2.36. The number of hydrogen-bond acceptors (Lipinski definition) is 3. The zero-order valence-corrected chi connectivity index (χ0v) is 10.5. The normalized spacial score (nSPS) is 11.4. The monoisotopic (exact) mass is 284 g/mol. The lowest BCUT2D eigenvalue weighted by Crippen LogP contribution is -2.23. The van der Waals surface area contributed by atoms with Crippen LogP contribution < -0.4 is 5.32 Å². The summed E-state index contributed by atoms with van der Waals surface area (Å²) in [7, 11) is 0. The first-order chi connectivity index (χ1) is 9.35. The molecule has 0 radical (unpaired) electrons. The Morgan fingerprint density at radius 3 is 2.75 bits per heavy atom. The molecule has 1 amide bonds. The Labute approximate surface area is 112 Å². The number of fused-ring (bicyclic) bond motifs is 1. The van der Waals surface area contributed by atoms with Crippen molar-refractivity contribution in [2.45, 2.75) is 13.1 Å². The lowest BCUT2D eigenvalue weighted by atomic mass is 10.2. The van der Waals surface area contributed by atoms with Crippen molar-refractivity contribution in [3.63, 3.8) is 0 Å². The molecule has 0 spiro atoms.